The lowest BCUT2D eigenvalue weighted by Gasteiger charge is -2.22. The van der Waals surface area contributed by atoms with Crippen molar-refractivity contribution in [3.05, 3.63) is 40.7 Å². The van der Waals surface area contributed by atoms with Gasteiger partial charge in [0.25, 0.3) is 0 Å². The van der Waals surface area contributed by atoms with Gasteiger partial charge in [-0.3, -0.25) is 0 Å². The standard InChI is InChI=1S/C16H20F3N2/c1-21-9-14-13(15(14)10-21)8-20-7-12-4-2-3-11(5-12)6-16(17,18)19/h2-5,13-15H,6-10H2,1H3/q-1. The second-order valence-electron chi connectivity index (χ2n) is 6.39. The minimum atomic E-state index is -4.15. The summed E-state index contributed by atoms with van der Waals surface area (Å²) in [4.78, 5) is 2.35. The number of likely N-dealkylation sites (tertiary alicyclic amines) is 1. The van der Waals surface area contributed by atoms with E-state index in [1.807, 2.05) is 6.07 Å². The fourth-order valence-corrected chi connectivity index (χ4v) is 3.54. The molecule has 2 unspecified atom stereocenters. The largest absolute Gasteiger partial charge is 0.658 e. The summed E-state index contributed by atoms with van der Waals surface area (Å²) in [7, 11) is 2.15. The molecule has 1 heterocycles. The number of hydrogen-bond donors (Lipinski definition) is 0. The van der Waals surface area contributed by atoms with Crippen molar-refractivity contribution in [3.8, 4) is 0 Å². The first-order valence-electron chi connectivity index (χ1n) is 7.39. The number of nitrogens with zero attached hydrogens (tertiary/aromatic N) is 2. The molecular weight excluding hydrogens is 277 g/mol. The van der Waals surface area contributed by atoms with E-state index in [9.17, 15) is 13.2 Å². The van der Waals surface area contributed by atoms with Gasteiger partial charge in [-0.25, -0.2) is 0 Å². The van der Waals surface area contributed by atoms with E-state index in [2.05, 4.69) is 17.3 Å². The zero-order valence-corrected chi connectivity index (χ0v) is 12.1. The fraction of sp³-hybridized carbons (Fsp3) is 0.625. The maximum Gasteiger partial charge on any atom is 0.393 e. The maximum absolute atomic E-state index is 12.4. The molecule has 2 nitrogen and oxygen atoms in total. The van der Waals surface area contributed by atoms with Crippen molar-refractivity contribution in [2.24, 2.45) is 17.8 Å². The van der Waals surface area contributed by atoms with Crippen molar-refractivity contribution < 1.29 is 13.2 Å². The second-order valence-corrected chi connectivity index (χ2v) is 6.39. The van der Waals surface area contributed by atoms with E-state index >= 15 is 0 Å². The van der Waals surface area contributed by atoms with E-state index in [0.717, 1.165) is 23.9 Å². The van der Waals surface area contributed by atoms with Gasteiger partial charge in [-0.2, -0.15) is 13.2 Å². The summed E-state index contributed by atoms with van der Waals surface area (Å²) in [6.07, 6.45) is -5.01. The van der Waals surface area contributed by atoms with E-state index in [1.165, 1.54) is 19.2 Å². The third kappa shape index (κ3) is 3.77. The molecule has 2 atom stereocenters. The van der Waals surface area contributed by atoms with Crippen LogP contribution in [0.15, 0.2) is 24.3 Å². The van der Waals surface area contributed by atoms with Gasteiger partial charge in [0.15, 0.2) is 0 Å². The summed E-state index contributed by atoms with van der Waals surface area (Å²) < 4.78 is 37.1. The number of fused-ring (bicyclic) bond motifs is 1. The maximum atomic E-state index is 12.4. The lowest BCUT2D eigenvalue weighted by molar-refractivity contribution is -0.127. The molecule has 21 heavy (non-hydrogen) atoms. The molecule has 2 aliphatic rings. The highest BCUT2D eigenvalue weighted by molar-refractivity contribution is 5.26. The van der Waals surface area contributed by atoms with Gasteiger partial charge in [0.05, 0.1) is 6.42 Å². The van der Waals surface area contributed by atoms with Crippen molar-refractivity contribution in [1.29, 1.82) is 0 Å². The first kappa shape index (κ1) is 14.9. The van der Waals surface area contributed by atoms with Crippen LogP contribution in [0.1, 0.15) is 11.1 Å². The molecule has 1 saturated heterocycles. The predicted molar refractivity (Wildman–Crippen MR) is 76.1 cm³/mol. The molecule has 1 aliphatic carbocycles. The van der Waals surface area contributed by atoms with Crippen LogP contribution in [0.3, 0.4) is 0 Å². The average molecular weight is 297 g/mol. The Morgan fingerprint density at radius 1 is 1.19 bits per heavy atom. The van der Waals surface area contributed by atoms with Crippen LogP contribution in [0.25, 0.3) is 5.32 Å². The van der Waals surface area contributed by atoms with E-state index in [4.69, 9.17) is 0 Å². The Morgan fingerprint density at radius 2 is 1.86 bits per heavy atom. The average Bonchev–Trinajstić information content (AvgIpc) is 2.84. The summed E-state index contributed by atoms with van der Waals surface area (Å²) in [6.45, 7) is 3.72. The molecule has 1 saturated carbocycles. The molecule has 1 aromatic carbocycles. The molecule has 0 radical (unpaired) electrons. The molecule has 0 bridgehead atoms. The Morgan fingerprint density at radius 3 is 2.52 bits per heavy atom. The zero-order chi connectivity index (χ0) is 15.0. The van der Waals surface area contributed by atoms with Crippen molar-refractivity contribution >= 4 is 0 Å². The number of alkyl halides is 3. The molecule has 3 rings (SSSR count). The highest BCUT2D eigenvalue weighted by Gasteiger charge is 2.52. The molecule has 1 aliphatic heterocycles. The van der Waals surface area contributed by atoms with Crippen LogP contribution in [0.2, 0.25) is 0 Å². The fourth-order valence-electron chi connectivity index (χ4n) is 3.54. The first-order chi connectivity index (χ1) is 9.92. The summed E-state index contributed by atoms with van der Waals surface area (Å²) in [5.41, 5.74) is 1.19. The number of hydrogen-bond acceptors (Lipinski definition) is 1. The molecule has 116 valence electrons. The summed E-state index contributed by atoms with van der Waals surface area (Å²) >= 11 is 0. The van der Waals surface area contributed by atoms with E-state index in [0.29, 0.717) is 18.0 Å². The Balaban J connectivity index is 1.45. The highest BCUT2D eigenvalue weighted by Crippen LogP contribution is 2.51. The minimum absolute atomic E-state index is 0.320. The quantitative estimate of drug-likeness (QED) is 0.813. The molecule has 5 heteroatoms. The van der Waals surface area contributed by atoms with Crippen molar-refractivity contribution in [3.63, 3.8) is 0 Å². The topological polar surface area (TPSA) is 17.3 Å². The third-order valence-electron chi connectivity index (χ3n) is 4.58. The van der Waals surface area contributed by atoms with Gasteiger partial charge in [0, 0.05) is 13.1 Å². The van der Waals surface area contributed by atoms with Crippen molar-refractivity contribution in [1.82, 2.24) is 4.90 Å². The van der Waals surface area contributed by atoms with Gasteiger partial charge in [-0.05, 0) is 24.4 Å². The summed E-state index contributed by atoms with van der Waals surface area (Å²) in [5, 5.41) is 4.55. The first-order valence-corrected chi connectivity index (χ1v) is 7.39. The summed E-state index contributed by atoms with van der Waals surface area (Å²) in [5.74, 6) is 2.31. The third-order valence-corrected chi connectivity index (χ3v) is 4.58. The van der Waals surface area contributed by atoms with Crippen LogP contribution in [0.4, 0.5) is 13.2 Å². The SMILES string of the molecule is CN1CC2C(C[N-]Cc3cccc(CC(F)(F)F)c3)C2C1. The molecule has 0 amide bonds. The summed E-state index contributed by atoms with van der Waals surface area (Å²) in [6, 6.07) is 6.69. The van der Waals surface area contributed by atoms with Gasteiger partial charge in [0.2, 0.25) is 0 Å². The zero-order valence-electron chi connectivity index (χ0n) is 12.1. The van der Waals surface area contributed by atoms with Crippen LogP contribution in [-0.2, 0) is 13.0 Å². The molecule has 1 aromatic rings. The Kier molecular flexibility index (Phi) is 3.97. The van der Waals surface area contributed by atoms with Gasteiger partial charge in [-0.15, -0.1) is 13.1 Å². The number of benzene rings is 1. The predicted octanol–water partition coefficient (Wildman–Crippen LogP) is 3.47. The number of piperidine rings is 1. The van der Waals surface area contributed by atoms with E-state index < -0.39 is 12.6 Å². The Labute approximate surface area is 123 Å². The lowest BCUT2D eigenvalue weighted by Crippen LogP contribution is -2.19. The highest BCUT2D eigenvalue weighted by atomic mass is 19.4. The van der Waals surface area contributed by atoms with Crippen LogP contribution >= 0.6 is 0 Å². The van der Waals surface area contributed by atoms with Crippen molar-refractivity contribution in [2.45, 2.75) is 19.1 Å². The van der Waals surface area contributed by atoms with E-state index in [1.54, 1.807) is 12.1 Å². The normalized spacial score (nSPS) is 28.7. The number of halogens is 3. The Bertz CT molecular complexity index is 489. The monoisotopic (exact) mass is 297 g/mol. The molecule has 0 N–H and O–H groups in total. The lowest BCUT2D eigenvalue weighted by atomic mass is 10.1. The van der Waals surface area contributed by atoms with Gasteiger partial charge >= 0.3 is 6.18 Å². The van der Waals surface area contributed by atoms with E-state index in [-0.39, 0.29) is 0 Å². The van der Waals surface area contributed by atoms with Gasteiger partial charge in [-0.1, -0.05) is 35.7 Å². The van der Waals surface area contributed by atoms with Gasteiger partial charge in [0.1, 0.15) is 0 Å². The van der Waals surface area contributed by atoms with Gasteiger partial charge < -0.3 is 10.2 Å². The molecule has 0 spiro atoms. The Hall–Kier alpha value is -1.07. The van der Waals surface area contributed by atoms with Crippen LogP contribution in [0.5, 0.6) is 0 Å². The number of rotatable bonds is 5. The van der Waals surface area contributed by atoms with Crippen LogP contribution in [0, 0.1) is 17.8 Å². The smallest absolute Gasteiger partial charge is 0.393 e. The second kappa shape index (κ2) is 5.61. The molecule has 2 fully saturated rings. The van der Waals surface area contributed by atoms with Crippen molar-refractivity contribution in [2.75, 3.05) is 26.7 Å². The van der Waals surface area contributed by atoms with Crippen LogP contribution < -0.4 is 0 Å². The minimum Gasteiger partial charge on any atom is -0.658 e. The van der Waals surface area contributed by atoms with Crippen LogP contribution in [-0.4, -0.2) is 37.8 Å². The molecule has 0 aromatic heterocycles. The molecular formula is C16H20F3N2-.